The molecule has 2 fully saturated rings. The maximum absolute atomic E-state index is 12.7. The van der Waals surface area contributed by atoms with E-state index in [-0.39, 0.29) is 28.7 Å². The number of carbonyl (C=O) groups excluding carboxylic acids is 1. The zero-order valence-electron chi connectivity index (χ0n) is 13.0. The molecule has 24 heavy (non-hydrogen) atoms. The number of morpholine rings is 1. The van der Waals surface area contributed by atoms with Crippen molar-refractivity contribution in [3.63, 3.8) is 0 Å². The number of sulfone groups is 2. The molecule has 0 aliphatic carbocycles. The number of amides is 1. The molecule has 2 aliphatic rings. The molecule has 0 radical (unpaired) electrons. The van der Waals surface area contributed by atoms with Crippen LogP contribution in [0.15, 0.2) is 29.2 Å². The van der Waals surface area contributed by atoms with E-state index in [0.29, 0.717) is 31.9 Å². The summed E-state index contributed by atoms with van der Waals surface area (Å²) in [5, 5.41) is -0.934. The number of hydrogen-bond donors (Lipinski definition) is 0. The molecular weight excluding hydrogens is 354 g/mol. The van der Waals surface area contributed by atoms with Crippen LogP contribution in [-0.4, -0.2) is 70.7 Å². The van der Waals surface area contributed by atoms with E-state index in [1.54, 1.807) is 11.0 Å². The van der Waals surface area contributed by atoms with Crippen molar-refractivity contribution in [1.82, 2.24) is 4.90 Å². The Kier molecular flexibility index (Phi) is 4.67. The smallest absolute Gasteiger partial charge is 0.254 e. The molecule has 1 atom stereocenters. The van der Waals surface area contributed by atoms with Gasteiger partial charge in [0.1, 0.15) is 0 Å². The molecule has 1 amide bonds. The molecule has 0 unspecified atom stereocenters. The van der Waals surface area contributed by atoms with Gasteiger partial charge in [0.15, 0.2) is 19.7 Å². The summed E-state index contributed by atoms with van der Waals surface area (Å²) < 4.78 is 53.7. The molecule has 3 rings (SSSR count). The van der Waals surface area contributed by atoms with Crippen molar-refractivity contribution < 1.29 is 26.4 Å². The first kappa shape index (κ1) is 17.4. The molecule has 2 saturated heterocycles. The normalized spacial score (nSPS) is 24.0. The van der Waals surface area contributed by atoms with Gasteiger partial charge < -0.3 is 9.64 Å². The van der Waals surface area contributed by atoms with E-state index >= 15 is 0 Å². The maximum atomic E-state index is 12.7. The summed E-state index contributed by atoms with van der Waals surface area (Å²) in [4.78, 5) is 14.1. The fraction of sp³-hybridized carbons (Fsp3) is 0.533. The van der Waals surface area contributed by atoms with E-state index in [1.807, 2.05) is 0 Å². The molecule has 0 spiro atoms. The second kappa shape index (κ2) is 6.45. The number of nitrogens with zero attached hydrogens (tertiary/aromatic N) is 1. The van der Waals surface area contributed by atoms with Crippen LogP contribution in [0, 0.1) is 0 Å². The Morgan fingerprint density at radius 2 is 1.92 bits per heavy atom. The second-order valence-electron chi connectivity index (χ2n) is 6.00. The lowest BCUT2D eigenvalue weighted by atomic mass is 10.2. The molecule has 0 aromatic heterocycles. The van der Waals surface area contributed by atoms with Crippen LogP contribution < -0.4 is 0 Å². The minimum absolute atomic E-state index is 0.00343. The van der Waals surface area contributed by atoms with Crippen LogP contribution in [-0.2, 0) is 24.4 Å². The van der Waals surface area contributed by atoms with Crippen molar-refractivity contribution in [2.75, 3.05) is 37.8 Å². The van der Waals surface area contributed by atoms with Crippen molar-refractivity contribution in [3.8, 4) is 0 Å². The van der Waals surface area contributed by atoms with Crippen molar-refractivity contribution in [3.05, 3.63) is 29.8 Å². The van der Waals surface area contributed by atoms with E-state index in [2.05, 4.69) is 0 Å². The Labute approximate surface area is 141 Å². The monoisotopic (exact) mass is 373 g/mol. The lowest BCUT2D eigenvalue weighted by Gasteiger charge is -2.27. The van der Waals surface area contributed by atoms with Crippen LogP contribution >= 0.6 is 0 Å². The number of rotatable bonds is 3. The highest BCUT2D eigenvalue weighted by molar-refractivity contribution is 7.96. The fourth-order valence-corrected chi connectivity index (χ4v) is 7.36. The summed E-state index contributed by atoms with van der Waals surface area (Å²) in [6.45, 7) is 1.86. The van der Waals surface area contributed by atoms with E-state index in [0.717, 1.165) is 0 Å². The minimum Gasteiger partial charge on any atom is -0.378 e. The molecule has 2 heterocycles. The van der Waals surface area contributed by atoms with Gasteiger partial charge in [-0.1, -0.05) is 6.07 Å². The molecule has 1 aromatic rings. The predicted octanol–water partition coefficient (Wildman–Crippen LogP) is 0.120. The predicted molar refractivity (Wildman–Crippen MR) is 87.4 cm³/mol. The van der Waals surface area contributed by atoms with Gasteiger partial charge in [0.2, 0.25) is 0 Å². The quantitative estimate of drug-likeness (QED) is 0.746. The Bertz CT molecular complexity index is 840. The standard InChI is InChI=1S/C15H19NO6S2/c17-15(16-5-7-22-8-6-16)12-2-1-3-13(10-12)24(20,21)14-4-9-23(18,19)11-14/h1-3,10,14H,4-9,11H2/t14-/m0/s1. The number of benzene rings is 1. The van der Waals surface area contributed by atoms with E-state index < -0.39 is 24.9 Å². The van der Waals surface area contributed by atoms with Gasteiger partial charge in [-0.05, 0) is 24.6 Å². The third-order valence-electron chi connectivity index (χ3n) is 4.34. The van der Waals surface area contributed by atoms with Crippen LogP contribution in [0.25, 0.3) is 0 Å². The summed E-state index contributed by atoms with van der Waals surface area (Å²) in [5.74, 6) is -0.699. The van der Waals surface area contributed by atoms with Gasteiger partial charge in [-0.3, -0.25) is 4.79 Å². The minimum atomic E-state index is -3.77. The number of hydrogen-bond acceptors (Lipinski definition) is 6. The van der Waals surface area contributed by atoms with E-state index in [4.69, 9.17) is 4.74 Å². The van der Waals surface area contributed by atoms with Gasteiger partial charge in [0, 0.05) is 18.7 Å². The Morgan fingerprint density at radius 3 is 2.54 bits per heavy atom. The molecule has 9 heteroatoms. The van der Waals surface area contributed by atoms with Crippen molar-refractivity contribution >= 4 is 25.6 Å². The van der Waals surface area contributed by atoms with E-state index in [9.17, 15) is 21.6 Å². The van der Waals surface area contributed by atoms with Gasteiger partial charge in [0.05, 0.1) is 34.9 Å². The lowest BCUT2D eigenvalue weighted by Crippen LogP contribution is -2.40. The summed E-state index contributed by atoms with van der Waals surface area (Å²) in [6.07, 6.45) is 0.103. The van der Waals surface area contributed by atoms with Crippen LogP contribution in [0.5, 0.6) is 0 Å². The van der Waals surface area contributed by atoms with E-state index in [1.165, 1.54) is 18.2 Å². The molecule has 7 nitrogen and oxygen atoms in total. The molecule has 0 bridgehead atoms. The first-order valence-electron chi connectivity index (χ1n) is 7.71. The topological polar surface area (TPSA) is 97.8 Å². The molecular formula is C15H19NO6S2. The van der Waals surface area contributed by atoms with Gasteiger partial charge in [-0.15, -0.1) is 0 Å². The zero-order valence-corrected chi connectivity index (χ0v) is 14.7. The highest BCUT2D eigenvalue weighted by Crippen LogP contribution is 2.26. The summed E-state index contributed by atoms with van der Waals surface area (Å²) >= 11 is 0. The van der Waals surface area contributed by atoms with Gasteiger partial charge >= 0.3 is 0 Å². The Balaban J connectivity index is 1.86. The van der Waals surface area contributed by atoms with Gasteiger partial charge in [0.25, 0.3) is 5.91 Å². The molecule has 0 saturated carbocycles. The van der Waals surface area contributed by atoms with Crippen LogP contribution in [0.3, 0.4) is 0 Å². The molecule has 132 valence electrons. The Hall–Kier alpha value is -1.45. The fourth-order valence-electron chi connectivity index (χ4n) is 2.95. The first-order chi connectivity index (χ1) is 11.3. The zero-order chi connectivity index (χ0) is 17.4. The molecule has 0 N–H and O–H groups in total. The van der Waals surface area contributed by atoms with Crippen molar-refractivity contribution in [2.24, 2.45) is 0 Å². The number of ether oxygens (including phenoxy) is 1. The van der Waals surface area contributed by atoms with Crippen LogP contribution in [0.2, 0.25) is 0 Å². The highest BCUT2D eigenvalue weighted by Gasteiger charge is 2.38. The maximum Gasteiger partial charge on any atom is 0.254 e. The average molecular weight is 373 g/mol. The number of carbonyl (C=O) groups is 1. The van der Waals surface area contributed by atoms with Crippen LogP contribution in [0.4, 0.5) is 0 Å². The third kappa shape index (κ3) is 3.47. The van der Waals surface area contributed by atoms with Crippen molar-refractivity contribution in [2.45, 2.75) is 16.6 Å². The SMILES string of the molecule is O=C(c1cccc(S(=O)(=O)[C@H]2CCS(=O)(=O)C2)c1)N1CCOCC1. The first-order valence-corrected chi connectivity index (χ1v) is 11.1. The molecule has 1 aromatic carbocycles. The summed E-state index contributed by atoms with van der Waals surface area (Å²) in [5.41, 5.74) is 0.291. The lowest BCUT2D eigenvalue weighted by molar-refractivity contribution is 0.0302. The third-order valence-corrected chi connectivity index (χ3v) is 8.51. The summed E-state index contributed by atoms with van der Waals surface area (Å²) in [6, 6.07) is 5.85. The highest BCUT2D eigenvalue weighted by atomic mass is 32.2. The summed E-state index contributed by atoms with van der Waals surface area (Å²) in [7, 11) is -7.07. The van der Waals surface area contributed by atoms with Crippen molar-refractivity contribution in [1.29, 1.82) is 0 Å². The van der Waals surface area contributed by atoms with Gasteiger partial charge in [-0.25, -0.2) is 16.8 Å². The second-order valence-corrected chi connectivity index (χ2v) is 10.5. The molecule has 2 aliphatic heterocycles. The van der Waals surface area contributed by atoms with Crippen LogP contribution in [0.1, 0.15) is 16.8 Å². The largest absolute Gasteiger partial charge is 0.378 e. The average Bonchev–Trinajstić information content (AvgIpc) is 2.96. The Morgan fingerprint density at radius 1 is 1.21 bits per heavy atom. The van der Waals surface area contributed by atoms with Gasteiger partial charge in [-0.2, -0.15) is 0 Å².